The molecule has 346 valence electrons. The third-order valence-corrected chi connectivity index (χ3v) is 18.4. The van der Waals surface area contributed by atoms with E-state index in [-0.39, 0.29) is 35.0 Å². The maximum absolute atomic E-state index is 5.09. The van der Waals surface area contributed by atoms with Crippen LogP contribution in [-0.2, 0) is 21.1 Å². The molecule has 0 fully saturated rings. The van der Waals surface area contributed by atoms with Gasteiger partial charge in [0.25, 0.3) is 6.33 Å². The third kappa shape index (κ3) is 6.82. The molecule has 0 saturated carbocycles. The average Bonchev–Trinajstić information content (AvgIpc) is 4.04. The number of pyridine rings is 1. The number of fused-ring (bicyclic) bond motifs is 4. The van der Waals surface area contributed by atoms with Gasteiger partial charge in [-0.25, -0.2) is 4.98 Å². The Kier molecular flexibility index (Phi) is 10.8. The van der Waals surface area contributed by atoms with E-state index in [4.69, 9.17) is 4.98 Å². The minimum atomic E-state index is -2.35. The Labute approximate surface area is 432 Å². The number of hydrogen-bond donors (Lipinski definition) is 0. The van der Waals surface area contributed by atoms with Crippen molar-refractivity contribution in [1.82, 2.24) is 9.55 Å². The molecule has 13 rings (SSSR count). The van der Waals surface area contributed by atoms with Gasteiger partial charge >= 0.3 is 14.0 Å². The summed E-state index contributed by atoms with van der Waals surface area (Å²) >= 11 is 0. The zero-order chi connectivity index (χ0) is 47.4. The van der Waals surface area contributed by atoms with Crippen LogP contribution >= 0.6 is 0 Å². The molecule has 0 bridgehead atoms. The van der Waals surface area contributed by atoms with Crippen molar-refractivity contribution in [2.75, 3.05) is 19.2 Å². The zero-order valence-electron chi connectivity index (χ0n) is 40.5. The van der Waals surface area contributed by atoms with Crippen LogP contribution in [0.2, 0.25) is 13.1 Å². The number of para-hydroxylation sites is 4. The summed E-state index contributed by atoms with van der Waals surface area (Å²) < 4.78 is 4.52. The van der Waals surface area contributed by atoms with E-state index in [0.717, 1.165) is 62.5 Å². The van der Waals surface area contributed by atoms with E-state index in [1.807, 2.05) is 12.3 Å². The van der Waals surface area contributed by atoms with Gasteiger partial charge in [0.2, 0.25) is 0 Å². The van der Waals surface area contributed by atoms with Gasteiger partial charge in [-0.15, -0.1) is 23.4 Å². The second-order valence-corrected chi connectivity index (χ2v) is 23.8. The number of hydrogen-bond acceptors (Lipinski definition) is 5. The van der Waals surface area contributed by atoms with Crippen LogP contribution in [0.5, 0.6) is 0 Å². The number of anilines is 8. The number of benzene rings is 8. The topological polar surface area (TPSA) is 34.7 Å². The first kappa shape index (κ1) is 44.8. The van der Waals surface area contributed by atoms with Gasteiger partial charge < -0.3 is 23.8 Å². The summed E-state index contributed by atoms with van der Waals surface area (Å²) in [6.45, 7) is 13.4. The molecular formula is C60H49B2N7PtSi-2. The first-order valence-corrected chi connectivity index (χ1v) is 27.2. The molecule has 0 radical (unpaired) electrons. The van der Waals surface area contributed by atoms with E-state index < -0.39 is 8.07 Å². The first-order valence-electron chi connectivity index (χ1n) is 24.2. The molecule has 0 amide bonds. The van der Waals surface area contributed by atoms with Gasteiger partial charge in [0.15, 0.2) is 0 Å². The minimum absolute atomic E-state index is 0. The number of rotatable bonds is 7. The summed E-state index contributed by atoms with van der Waals surface area (Å²) in [6.07, 6.45) is 5.76. The van der Waals surface area contributed by atoms with Crippen LogP contribution in [-0.4, -0.2) is 31.6 Å². The van der Waals surface area contributed by atoms with Crippen molar-refractivity contribution in [1.29, 1.82) is 0 Å². The summed E-state index contributed by atoms with van der Waals surface area (Å²) in [4.78, 5) is 15.0. The predicted octanol–water partition coefficient (Wildman–Crippen LogP) is 10.4. The van der Waals surface area contributed by atoms with Crippen molar-refractivity contribution in [2.24, 2.45) is 0 Å². The Hall–Kier alpha value is -7.38. The van der Waals surface area contributed by atoms with Gasteiger partial charge in [-0.1, -0.05) is 184 Å². The van der Waals surface area contributed by atoms with Crippen LogP contribution in [0.3, 0.4) is 0 Å². The molecule has 11 heteroatoms. The summed E-state index contributed by atoms with van der Waals surface area (Å²) in [7, 11) is -2.35. The van der Waals surface area contributed by atoms with Gasteiger partial charge in [-0.05, 0) is 92.8 Å². The summed E-state index contributed by atoms with van der Waals surface area (Å²) in [5.74, 6) is 0.854. The fourth-order valence-electron chi connectivity index (χ4n) is 11.7. The molecule has 71 heavy (non-hydrogen) atoms. The predicted molar refractivity (Wildman–Crippen MR) is 293 cm³/mol. The van der Waals surface area contributed by atoms with Crippen LogP contribution in [0.1, 0.15) is 22.3 Å². The quantitative estimate of drug-likeness (QED) is 0.0903. The Morgan fingerprint density at radius 3 is 1.65 bits per heavy atom. The second-order valence-electron chi connectivity index (χ2n) is 19.4. The monoisotopic (exact) mass is 1110 g/mol. The number of aryl methyl sites for hydroxylation is 4. The molecule has 8 aromatic carbocycles. The van der Waals surface area contributed by atoms with Crippen LogP contribution in [0.25, 0.3) is 22.4 Å². The fraction of sp³-hybridized carbons (Fsp3) is 0.100. The Morgan fingerprint density at radius 2 is 1.04 bits per heavy atom. The van der Waals surface area contributed by atoms with E-state index in [2.05, 4.69) is 264 Å². The van der Waals surface area contributed by atoms with E-state index >= 15 is 0 Å². The maximum atomic E-state index is 5.09. The van der Waals surface area contributed by atoms with Crippen molar-refractivity contribution >= 4 is 100 Å². The smallest absolute Gasteiger partial charge is 0.409 e. The number of aromatic nitrogens is 3. The number of nitrogens with zero attached hydrogens (tertiary/aromatic N) is 7. The molecule has 0 saturated heterocycles. The van der Waals surface area contributed by atoms with Crippen LogP contribution in [0.4, 0.5) is 45.6 Å². The maximum Gasteiger partial charge on any atom is 0.409 e. The molecule has 10 aromatic rings. The number of imidazole rings is 1. The van der Waals surface area contributed by atoms with Crippen molar-refractivity contribution in [3.05, 3.63) is 229 Å². The van der Waals surface area contributed by atoms with Gasteiger partial charge in [0.1, 0.15) is 5.82 Å². The van der Waals surface area contributed by atoms with E-state index in [1.165, 1.54) is 49.1 Å². The van der Waals surface area contributed by atoms with Gasteiger partial charge in [-0.3, -0.25) is 4.57 Å². The zero-order valence-corrected chi connectivity index (χ0v) is 43.8. The molecular weight excluding hydrogens is 1060 g/mol. The Morgan fingerprint density at radius 1 is 0.493 bits per heavy atom. The molecule has 3 aliphatic heterocycles. The summed E-state index contributed by atoms with van der Waals surface area (Å²) in [5.41, 5.74) is 19.1. The van der Waals surface area contributed by atoms with E-state index in [9.17, 15) is 0 Å². The van der Waals surface area contributed by atoms with Crippen LogP contribution in [0, 0.1) is 46.2 Å². The second kappa shape index (κ2) is 17.2. The molecule has 5 heterocycles. The minimum Gasteiger partial charge on any atom is -0.415 e. The molecule has 0 unspecified atom stereocenters. The van der Waals surface area contributed by atoms with Gasteiger partial charge in [0, 0.05) is 46.7 Å². The van der Waals surface area contributed by atoms with E-state index in [0.29, 0.717) is 0 Å². The van der Waals surface area contributed by atoms with Crippen molar-refractivity contribution in [3.8, 4) is 11.4 Å². The van der Waals surface area contributed by atoms with Crippen molar-refractivity contribution in [2.45, 2.75) is 40.8 Å². The van der Waals surface area contributed by atoms with Crippen LogP contribution in [0.15, 0.2) is 188 Å². The SMILES string of the molecule is Cc1cccc(C)c1B1N(c2[c-]c3c(cc2)N(c2ccccc2)B(c2c(C)cccc2C)N3c2ccccn2)c2[c-]c3c(cc2N1c1ccccc1)[Si](C)(C)c1cccc2c1n-3[c-][n+]2-c1ccccc1.[Pt]. The van der Waals surface area contributed by atoms with Crippen molar-refractivity contribution < 1.29 is 25.6 Å². The standard InChI is InChI=1S/C60H49B2N7Si.Pt/c1-41-21-18-22-42(2)58(41)61-67(47-29-14-9-15-30-47)53-39-56-54(65-40-64(45-25-10-7-11-26-45)50-31-20-32-55(60(50)65)70(56,5)6)38-52(53)68(61)48-34-35-49-51(37-48)69(57-33-16-17-36-63-57)62(59-43(3)23-19-24-44(59)4)66(49)46-27-12-8-13-28-46;/h7-36,39H,1-6H3;/q-2;. The average molecular weight is 1110 g/mol. The summed E-state index contributed by atoms with van der Waals surface area (Å²) in [5, 5.41) is 2.72. The third-order valence-electron chi connectivity index (χ3n) is 15.0. The molecule has 2 aromatic heterocycles. The molecule has 0 aliphatic carbocycles. The Balaban J connectivity index is 0.00000517. The van der Waals surface area contributed by atoms with Crippen molar-refractivity contribution in [3.63, 3.8) is 0 Å². The molecule has 3 aliphatic rings. The van der Waals surface area contributed by atoms with Gasteiger partial charge in [0.05, 0.1) is 16.7 Å². The van der Waals surface area contributed by atoms with E-state index in [1.54, 1.807) is 0 Å². The Bertz CT molecular complexity index is 3650. The molecule has 0 atom stereocenters. The van der Waals surface area contributed by atoms with Gasteiger partial charge in [-0.2, -0.15) is 12.1 Å². The normalized spacial score (nSPS) is 14.2. The summed E-state index contributed by atoms with van der Waals surface area (Å²) in [6, 6.07) is 74.1. The largest absolute Gasteiger partial charge is 0.415 e. The molecule has 0 spiro atoms. The fourth-order valence-corrected chi connectivity index (χ4v) is 14.6. The molecule has 7 nitrogen and oxygen atoms in total. The van der Waals surface area contributed by atoms with Crippen LogP contribution < -0.4 is 45.1 Å². The first-order chi connectivity index (χ1) is 34.2. The molecule has 0 N–H and O–H groups in total.